The van der Waals surface area contributed by atoms with Gasteiger partial charge in [-0.05, 0) is 37.5 Å². The maximum atomic E-state index is 3.70. The van der Waals surface area contributed by atoms with Gasteiger partial charge in [-0.2, -0.15) is 0 Å². The Morgan fingerprint density at radius 3 is 2.37 bits per heavy atom. The molecule has 2 aromatic rings. The first-order valence-electron chi connectivity index (χ1n) is 7.21. The Balaban J connectivity index is 1.76. The second-order valence-electron chi connectivity index (χ2n) is 5.56. The maximum absolute atomic E-state index is 3.70. The lowest BCUT2D eigenvalue weighted by atomic mass is 9.93. The molecule has 1 heteroatoms. The van der Waals surface area contributed by atoms with Crippen LogP contribution in [-0.2, 0) is 0 Å². The third kappa shape index (κ3) is 2.81. The molecule has 1 nitrogen and oxygen atoms in total. The molecule has 0 heterocycles. The number of anilines is 1. The standard InChI is InChI=1S/C18H21N/c1-14-10-12-15(13-11-14)17-8-5-9-18(17)19-16-6-3-2-4-7-16/h2-4,6-7,10-13,17-19H,5,8-9H2,1H3. The van der Waals surface area contributed by atoms with E-state index in [4.69, 9.17) is 0 Å². The van der Waals surface area contributed by atoms with Crippen LogP contribution in [0.5, 0.6) is 0 Å². The SMILES string of the molecule is Cc1ccc(C2CCCC2Nc2ccccc2)cc1. The van der Waals surface area contributed by atoms with Crippen molar-refractivity contribution in [2.24, 2.45) is 0 Å². The average molecular weight is 251 g/mol. The van der Waals surface area contributed by atoms with Crippen LogP contribution >= 0.6 is 0 Å². The van der Waals surface area contributed by atoms with Crippen LogP contribution in [0.25, 0.3) is 0 Å². The second-order valence-corrected chi connectivity index (χ2v) is 5.56. The van der Waals surface area contributed by atoms with Gasteiger partial charge in [-0.25, -0.2) is 0 Å². The molecule has 1 fully saturated rings. The van der Waals surface area contributed by atoms with Crippen molar-refractivity contribution in [3.05, 3.63) is 65.7 Å². The molecule has 1 N–H and O–H groups in total. The van der Waals surface area contributed by atoms with E-state index in [2.05, 4.69) is 66.8 Å². The first-order chi connectivity index (χ1) is 9.33. The Morgan fingerprint density at radius 2 is 1.63 bits per heavy atom. The molecule has 0 spiro atoms. The summed E-state index contributed by atoms with van der Waals surface area (Å²) in [6.07, 6.45) is 3.89. The number of hydrogen-bond acceptors (Lipinski definition) is 1. The third-order valence-corrected chi connectivity index (χ3v) is 4.15. The number of hydrogen-bond donors (Lipinski definition) is 1. The number of aryl methyl sites for hydroxylation is 1. The minimum absolute atomic E-state index is 0.574. The molecule has 1 aliphatic carbocycles. The van der Waals surface area contributed by atoms with Crippen molar-refractivity contribution in [3.63, 3.8) is 0 Å². The van der Waals surface area contributed by atoms with E-state index in [0.29, 0.717) is 12.0 Å². The van der Waals surface area contributed by atoms with Gasteiger partial charge >= 0.3 is 0 Å². The smallest absolute Gasteiger partial charge is 0.0342 e. The van der Waals surface area contributed by atoms with Gasteiger partial charge in [-0.15, -0.1) is 0 Å². The number of rotatable bonds is 3. The van der Waals surface area contributed by atoms with Gasteiger partial charge in [0.05, 0.1) is 0 Å². The van der Waals surface area contributed by atoms with E-state index in [9.17, 15) is 0 Å². The molecule has 1 aliphatic rings. The number of para-hydroxylation sites is 1. The van der Waals surface area contributed by atoms with Gasteiger partial charge in [0, 0.05) is 17.6 Å². The average Bonchev–Trinajstić information content (AvgIpc) is 2.89. The van der Waals surface area contributed by atoms with Crippen molar-refractivity contribution in [2.45, 2.75) is 38.1 Å². The highest BCUT2D eigenvalue weighted by Crippen LogP contribution is 2.36. The Bertz CT molecular complexity index is 515. The molecule has 3 rings (SSSR count). The minimum Gasteiger partial charge on any atom is -0.382 e. The van der Waals surface area contributed by atoms with Crippen LogP contribution in [0.3, 0.4) is 0 Å². The summed E-state index contributed by atoms with van der Waals surface area (Å²) in [6.45, 7) is 2.15. The van der Waals surface area contributed by atoms with Gasteiger partial charge < -0.3 is 5.32 Å². The highest BCUT2D eigenvalue weighted by Gasteiger charge is 2.28. The summed E-state index contributed by atoms with van der Waals surface area (Å²) in [5, 5.41) is 3.70. The largest absolute Gasteiger partial charge is 0.382 e. The first-order valence-corrected chi connectivity index (χ1v) is 7.21. The molecule has 2 unspecified atom stereocenters. The van der Waals surface area contributed by atoms with Gasteiger partial charge in [-0.3, -0.25) is 0 Å². The van der Waals surface area contributed by atoms with Crippen LogP contribution in [0.4, 0.5) is 5.69 Å². The van der Waals surface area contributed by atoms with Crippen molar-refractivity contribution >= 4 is 5.69 Å². The Morgan fingerprint density at radius 1 is 0.895 bits per heavy atom. The van der Waals surface area contributed by atoms with Crippen LogP contribution in [0, 0.1) is 6.92 Å². The Kier molecular flexibility index (Phi) is 3.54. The summed E-state index contributed by atoms with van der Waals surface area (Å²) in [5.41, 5.74) is 4.07. The molecule has 1 saturated carbocycles. The van der Waals surface area contributed by atoms with Crippen LogP contribution in [0.1, 0.15) is 36.3 Å². The molecular formula is C18H21N. The maximum Gasteiger partial charge on any atom is 0.0342 e. The predicted molar refractivity (Wildman–Crippen MR) is 81.6 cm³/mol. The normalized spacial score (nSPS) is 22.4. The van der Waals surface area contributed by atoms with Gasteiger partial charge in [0.25, 0.3) is 0 Å². The third-order valence-electron chi connectivity index (χ3n) is 4.15. The van der Waals surface area contributed by atoms with Crippen LogP contribution < -0.4 is 5.32 Å². The Labute approximate surface area is 115 Å². The monoisotopic (exact) mass is 251 g/mol. The van der Waals surface area contributed by atoms with E-state index in [-0.39, 0.29) is 0 Å². The van der Waals surface area contributed by atoms with Crippen LogP contribution in [0.2, 0.25) is 0 Å². The fourth-order valence-electron chi connectivity index (χ4n) is 3.09. The van der Waals surface area contributed by atoms with Crippen molar-refractivity contribution in [1.82, 2.24) is 0 Å². The number of nitrogens with one attached hydrogen (secondary N) is 1. The highest BCUT2D eigenvalue weighted by molar-refractivity contribution is 5.45. The van der Waals surface area contributed by atoms with Crippen molar-refractivity contribution in [1.29, 1.82) is 0 Å². The summed E-state index contributed by atoms with van der Waals surface area (Å²) in [4.78, 5) is 0. The van der Waals surface area contributed by atoms with E-state index in [1.807, 2.05) is 0 Å². The Hall–Kier alpha value is -1.76. The molecule has 0 aliphatic heterocycles. The number of benzene rings is 2. The second kappa shape index (κ2) is 5.48. The van der Waals surface area contributed by atoms with Crippen molar-refractivity contribution < 1.29 is 0 Å². The lowest BCUT2D eigenvalue weighted by Gasteiger charge is -2.22. The molecule has 19 heavy (non-hydrogen) atoms. The van der Waals surface area contributed by atoms with E-state index in [1.165, 1.54) is 36.1 Å². The van der Waals surface area contributed by atoms with E-state index >= 15 is 0 Å². The van der Waals surface area contributed by atoms with Crippen molar-refractivity contribution in [2.75, 3.05) is 5.32 Å². The molecule has 98 valence electrons. The fourth-order valence-corrected chi connectivity index (χ4v) is 3.09. The lowest BCUT2D eigenvalue weighted by molar-refractivity contribution is 0.650. The molecule has 0 saturated heterocycles. The topological polar surface area (TPSA) is 12.0 Å². The summed E-state index contributed by atoms with van der Waals surface area (Å²) in [7, 11) is 0. The summed E-state index contributed by atoms with van der Waals surface area (Å²) in [5.74, 6) is 0.654. The van der Waals surface area contributed by atoms with E-state index < -0.39 is 0 Å². The molecule has 2 aromatic carbocycles. The summed E-state index contributed by atoms with van der Waals surface area (Å²) in [6, 6.07) is 20.2. The lowest BCUT2D eigenvalue weighted by Crippen LogP contribution is -2.22. The van der Waals surface area contributed by atoms with Crippen LogP contribution in [-0.4, -0.2) is 6.04 Å². The molecule has 0 amide bonds. The van der Waals surface area contributed by atoms with Gasteiger partial charge in [0.15, 0.2) is 0 Å². The molecular weight excluding hydrogens is 230 g/mol. The van der Waals surface area contributed by atoms with Crippen LogP contribution in [0.15, 0.2) is 54.6 Å². The first kappa shape index (κ1) is 12.3. The zero-order valence-electron chi connectivity index (χ0n) is 11.5. The zero-order valence-corrected chi connectivity index (χ0v) is 11.5. The van der Waals surface area contributed by atoms with Gasteiger partial charge in [0.1, 0.15) is 0 Å². The van der Waals surface area contributed by atoms with Gasteiger partial charge in [-0.1, -0.05) is 54.4 Å². The fraction of sp³-hybridized carbons (Fsp3) is 0.333. The quantitative estimate of drug-likeness (QED) is 0.830. The summed E-state index contributed by atoms with van der Waals surface area (Å²) >= 11 is 0. The highest BCUT2D eigenvalue weighted by atomic mass is 14.9. The zero-order chi connectivity index (χ0) is 13.1. The molecule has 0 bridgehead atoms. The van der Waals surface area contributed by atoms with E-state index in [1.54, 1.807) is 0 Å². The van der Waals surface area contributed by atoms with Crippen molar-refractivity contribution in [3.8, 4) is 0 Å². The predicted octanol–water partition coefficient (Wildman–Crippen LogP) is 4.74. The summed E-state index contributed by atoms with van der Waals surface area (Å²) < 4.78 is 0. The minimum atomic E-state index is 0.574. The molecule has 0 radical (unpaired) electrons. The van der Waals surface area contributed by atoms with Gasteiger partial charge in [0.2, 0.25) is 0 Å². The molecule has 0 aromatic heterocycles. The molecule has 2 atom stereocenters. The van der Waals surface area contributed by atoms with E-state index in [0.717, 1.165) is 0 Å².